The standard InChI is InChI=1S/C23H23N3O2/c24-21-8-4-5-9-22(21)25-23(27)17-10-12-18(13-11-17)26-15-14-20(16-26)28-19-6-2-1-3-7-19/h1-13,20H,14-16,24H2,(H,25,27). The molecule has 142 valence electrons. The van der Waals surface area contributed by atoms with Gasteiger partial charge < -0.3 is 20.7 Å². The van der Waals surface area contributed by atoms with Gasteiger partial charge in [-0.1, -0.05) is 30.3 Å². The number of anilines is 3. The second kappa shape index (κ2) is 8.05. The Morgan fingerprint density at radius 1 is 0.964 bits per heavy atom. The summed E-state index contributed by atoms with van der Waals surface area (Å²) in [5.41, 5.74) is 8.75. The minimum Gasteiger partial charge on any atom is -0.489 e. The van der Waals surface area contributed by atoms with E-state index in [1.54, 1.807) is 12.1 Å². The molecule has 1 saturated heterocycles. The number of hydrogen-bond acceptors (Lipinski definition) is 4. The number of hydrogen-bond donors (Lipinski definition) is 2. The van der Waals surface area contributed by atoms with E-state index in [2.05, 4.69) is 10.2 Å². The Bertz CT molecular complexity index is 942. The minimum atomic E-state index is -0.170. The molecule has 0 saturated carbocycles. The minimum absolute atomic E-state index is 0.170. The van der Waals surface area contributed by atoms with Gasteiger partial charge in [0.25, 0.3) is 5.91 Å². The molecule has 1 amide bonds. The van der Waals surface area contributed by atoms with Gasteiger partial charge >= 0.3 is 0 Å². The van der Waals surface area contributed by atoms with Crippen LogP contribution in [0.15, 0.2) is 78.9 Å². The zero-order valence-electron chi connectivity index (χ0n) is 15.5. The molecule has 0 aromatic heterocycles. The molecule has 3 N–H and O–H groups in total. The van der Waals surface area contributed by atoms with Crippen LogP contribution in [0.3, 0.4) is 0 Å². The van der Waals surface area contributed by atoms with Crippen molar-refractivity contribution in [2.24, 2.45) is 0 Å². The average molecular weight is 373 g/mol. The molecular weight excluding hydrogens is 350 g/mol. The summed E-state index contributed by atoms with van der Waals surface area (Å²) in [6, 6.07) is 24.8. The first-order valence-corrected chi connectivity index (χ1v) is 9.41. The number of nitrogens with two attached hydrogens (primary N) is 1. The number of rotatable bonds is 5. The molecule has 1 heterocycles. The highest BCUT2D eigenvalue weighted by Crippen LogP contribution is 2.24. The van der Waals surface area contributed by atoms with Gasteiger partial charge in [-0.25, -0.2) is 0 Å². The number of amides is 1. The summed E-state index contributed by atoms with van der Waals surface area (Å²) in [5.74, 6) is 0.734. The molecule has 3 aromatic rings. The van der Waals surface area contributed by atoms with Crippen molar-refractivity contribution in [2.45, 2.75) is 12.5 Å². The van der Waals surface area contributed by atoms with Gasteiger partial charge in [-0.05, 0) is 48.5 Å². The maximum absolute atomic E-state index is 12.5. The topological polar surface area (TPSA) is 67.6 Å². The van der Waals surface area contributed by atoms with E-state index >= 15 is 0 Å². The van der Waals surface area contributed by atoms with Crippen LogP contribution in [0, 0.1) is 0 Å². The molecule has 28 heavy (non-hydrogen) atoms. The molecule has 0 aliphatic carbocycles. The van der Waals surface area contributed by atoms with Gasteiger partial charge in [0, 0.05) is 24.2 Å². The van der Waals surface area contributed by atoms with Gasteiger partial charge in [0.2, 0.25) is 0 Å². The highest BCUT2D eigenvalue weighted by Gasteiger charge is 2.24. The van der Waals surface area contributed by atoms with Crippen molar-refractivity contribution < 1.29 is 9.53 Å². The molecule has 1 unspecified atom stereocenters. The van der Waals surface area contributed by atoms with Crippen molar-refractivity contribution >= 4 is 23.0 Å². The van der Waals surface area contributed by atoms with E-state index in [0.29, 0.717) is 16.9 Å². The molecule has 1 aliphatic heterocycles. The summed E-state index contributed by atoms with van der Waals surface area (Å²) in [6.07, 6.45) is 1.15. The number of carbonyl (C=O) groups excluding carboxylic acids is 1. The molecule has 5 nitrogen and oxygen atoms in total. The van der Waals surface area contributed by atoms with Crippen LogP contribution in [-0.2, 0) is 0 Å². The summed E-state index contributed by atoms with van der Waals surface area (Å²) in [4.78, 5) is 14.7. The summed E-state index contributed by atoms with van der Waals surface area (Å²) < 4.78 is 6.05. The van der Waals surface area contributed by atoms with Crippen LogP contribution in [0.2, 0.25) is 0 Å². The molecule has 4 rings (SSSR count). The lowest BCUT2D eigenvalue weighted by atomic mass is 10.1. The Morgan fingerprint density at radius 2 is 1.68 bits per heavy atom. The normalized spacial score (nSPS) is 16.0. The highest BCUT2D eigenvalue weighted by atomic mass is 16.5. The lowest BCUT2D eigenvalue weighted by molar-refractivity contribution is 0.102. The Balaban J connectivity index is 1.37. The summed E-state index contributed by atoms with van der Waals surface area (Å²) >= 11 is 0. The highest BCUT2D eigenvalue weighted by molar-refractivity contribution is 6.05. The van der Waals surface area contributed by atoms with E-state index in [0.717, 1.165) is 30.9 Å². The van der Waals surface area contributed by atoms with Crippen molar-refractivity contribution in [1.29, 1.82) is 0 Å². The van der Waals surface area contributed by atoms with Crippen molar-refractivity contribution in [1.82, 2.24) is 0 Å². The maximum Gasteiger partial charge on any atom is 0.255 e. The number of nitrogens with one attached hydrogen (secondary N) is 1. The largest absolute Gasteiger partial charge is 0.489 e. The predicted octanol–water partition coefficient (Wildman–Crippen LogP) is 4.18. The first-order chi connectivity index (χ1) is 13.7. The lowest BCUT2D eigenvalue weighted by Crippen LogP contribution is -2.24. The number of nitrogen functional groups attached to an aromatic ring is 1. The van der Waals surface area contributed by atoms with Gasteiger partial charge in [0.05, 0.1) is 17.9 Å². The molecule has 3 aromatic carbocycles. The number of ether oxygens (including phenoxy) is 1. The maximum atomic E-state index is 12.5. The Morgan fingerprint density at radius 3 is 2.43 bits per heavy atom. The average Bonchev–Trinajstić information content (AvgIpc) is 3.19. The first kappa shape index (κ1) is 17.9. The summed E-state index contributed by atoms with van der Waals surface area (Å²) in [6.45, 7) is 1.77. The van der Waals surface area contributed by atoms with E-state index < -0.39 is 0 Å². The van der Waals surface area contributed by atoms with Gasteiger partial charge in [0.1, 0.15) is 11.9 Å². The number of nitrogens with zero attached hydrogens (tertiary/aromatic N) is 1. The number of para-hydroxylation sites is 3. The predicted molar refractivity (Wildman–Crippen MR) is 113 cm³/mol. The van der Waals surface area contributed by atoms with E-state index in [-0.39, 0.29) is 12.0 Å². The number of benzene rings is 3. The Kier molecular flexibility index (Phi) is 5.15. The van der Waals surface area contributed by atoms with Crippen molar-refractivity contribution in [3.63, 3.8) is 0 Å². The first-order valence-electron chi connectivity index (χ1n) is 9.41. The molecule has 1 aliphatic rings. The third-order valence-corrected chi connectivity index (χ3v) is 4.89. The molecule has 1 fully saturated rings. The van der Waals surface area contributed by atoms with E-state index in [1.165, 1.54) is 0 Å². The van der Waals surface area contributed by atoms with Crippen LogP contribution >= 0.6 is 0 Å². The Labute approximate surface area is 164 Å². The second-order valence-corrected chi connectivity index (χ2v) is 6.88. The third-order valence-electron chi connectivity index (χ3n) is 4.89. The quantitative estimate of drug-likeness (QED) is 0.659. The van der Waals surface area contributed by atoms with Crippen molar-refractivity contribution in [3.05, 3.63) is 84.4 Å². The molecule has 0 bridgehead atoms. The van der Waals surface area contributed by atoms with Crippen LogP contribution in [0.4, 0.5) is 17.1 Å². The molecule has 1 atom stereocenters. The van der Waals surface area contributed by atoms with Gasteiger partial charge in [-0.2, -0.15) is 0 Å². The third kappa shape index (κ3) is 4.09. The smallest absolute Gasteiger partial charge is 0.255 e. The van der Waals surface area contributed by atoms with Crippen molar-refractivity contribution in [3.8, 4) is 5.75 Å². The van der Waals surface area contributed by atoms with Crippen LogP contribution < -0.4 is 20.7 Å². The monoisotopic (exact) mass is 373 g/mol. The summed E-state index contributed by atoms with van der Waals surface area (Å²) in [5, 5.41) is 2.85. The van der Waals surface area contributed by atoms with Crippen LogP contribution in [0.5, 0.6) is 5.75 Å². The molecule has 5 heteroatoms. The van der Waals surface area contributed by atoms with Gasteiger partial charge in [-0.15, -0.1) is 0 Å². The fourth-order valence-corrected chi connectivity index (χ4v) is 3.38. The van der Waals surface area contributed by atoms with Crippen LogP contribution in [0.25, 0.3) is 0 Å². The van der Waals surface area contributed by atoms with Crippen molar-refractivity contribution in [2.75, 3.05) is 29.0 Å². The van der Waals surface area contributed by atoms with E-state index in [1.807, 2.05) is 66.7 Å². The van der Waals surface area contributed by atoms with Gasteiger partial charge in [0.15, 0.2) is 0 Å². The Hall–Kier alpha value is -3.47. The van der Waals surface area contributed by atoms with E-state index in [4.69, 9.17) is 10.5 Å². The van der Waals surface area contributed by atoms with E-state index in [9.17, 15) is 4.79 Å². The lowest BCUT2D eigenvalue weighted by Gasteiger charge is -2.19. The zero-order chi connectivity index (χ0) is 19.3. The SMILES string of the molecule is Nc1ccccc1NC(=O)c1ccc(N2CCC(Oc3ccccc3)C2)cc1. The molecule has 0 radical (unpaired) electrons. The number of carbonyl (C=O) groups is 1. The van der Waals surface area contributed by atoms with Crippen LogP contribution in [-0.4, -0.2) is 25.1 Å². The van der Waals surface area contributed by atoms with Crippen LogP contribution in [0.1, 0.15) is 16.8 Å². The summed E-state index contributed by atoms with van der Waals surface area (Å²) in [7, 11) is 0. The van der Waals surface area contributed by atoms with Gasteiger partial charge in [-0.3, -0.25) is 4.79 Å². The second-order valence-electron chi connectivity index (χ2n) is 6.88. The molecular formula is C23H23N3O2. The zero-order valence-corrected chi connectivity index (χ0v) is 15.5. The fraction of sp³-hybridized carbons (Fsp3) is 0.174. The fourth-order valence-electron chi connectivity index (χ4n) is 3.38. The molecule has 0 spiro atoms.